The Labute approximate surface area is 99.1 Å². The molecule has 0 N–H and O–H groups in total. The molecule has 92 valence electrons. The second kappa shape index (κ2) is 6.19. The average molecular weight is 224 g/mol. The molecule has 0 aliphatic heterocycles. The van der Waals surface area contributed by atoms with E-state index in [1.165, 1.54) is 0 Å². The number of allylic oxidation sites excluding steroid dienone is 1. The highest BCUT2D eigenvalue weighted by Crippen LogP contribution is 2.36. The van der Waals surface area contributed by atoms with Gasteiger partial charge in [-0.15, -0.1) is 6.58 Å². The molecule has 1 rings (SSSR count). The zero-order chi connectivity index (χ0) is 12.0. The van der Waals surface area contributed by atoms with Crippen molar-refractivity contribution in [1.82, 2.24) is 0 Å². The van der Waals surface area contributed by atoms with Crippen molar-refractivity contribution >= 4 is 5.78 Å². The molecule has 1 fully saturated rings. The van der Waals surface area contributed by atoms with E-state index in [0.29, 0.717) is 13.0 Å². The first-order valence-electron chi connectivity index (χ1n) is 6.43. The molecule has 0 aromatic rings. The van der Waals surface area contributed by atoms with Crippen molar-refractivity contribution in [2.45, 2.75) is 58.0 Å². The van der Waals surface area contributed by atoms with E-state index in [9.17, 15) is 4.79 Å². The summed E-state index contributed by atoms with van der Waals surface area (Å²) in [5.41, 5.74) is -0.468. The van der Waals surface area contributed by atoms with Crippen LogP contribution in [-0.4, -0.2) is 18.0 Å². The Kier molecular flexibility index (Phi) is 5.20. The molecular weight excluding hydrogens is 200 g/mol. The second-order valence-corrected chi connectivity index (χ2v) is 4.86. The normalized spacial score (nSPS) is 30.0. The lowest BCUT2D eigenvalue weighted by Gasteiger charge is -2.37. The van der Waals surface area contributed by atoms with Crippen LogP contribution in [0.3, 0.4) is 0 Å². The monoisotopic (exact) mass is 224 g/mol. The van der Waals surface area contributed by atoms with Gasteiger partial charge in [0.15, 0.2) is 5.78 Å². The number of carbonyl (C=O) groups is 1. The number of Topliss-reactive ketones (excluding diaryl/α,β-unsaturated/α-hetero) is 1. The third kappa shape index (κ3) is 3.18. The van der Waals surface area contributed by atoms with Gasteiger partial charge in [0.05, 0.1) is 0 Å². The lowest BCUT2D eigenvalue weighted by Crippen LogP contribution is -2.44. The van der Waals surface area contributed by atoms with Crippen LogP contribution in [0.15, 0.2) is 12.7 Å². The molecule has 0 saturated heterocycles. The Morgan fingerprint density at radius 2 is 2.12 bits per heavy atom. The minimum Gasteiger partial charge on any atom is -0.368 e. The van der Waals surface area contributed by atoms with Crippen LogP contribution < -0.4 is 0 Å². The first kappa shape index (κ1) is 13.4. The summed E-state index contributed by atoms with van der Waals surface area (Å²) < 4.78 is 5.79. The number of rotatable bonds is 6. The van der Waals surface area contributed by atoms with Gasteiger partial charge in [-0.1, -0.05) is 13.0 Å². The maximum absolute atomic E-state index is 12.2. The van der Waals surface area contributed by atoms with Crippen LogP contribution in [0.5, 0.6) is 0 Å². The van der Waals surface area contributed by atoms with Crippen LogP contribution in [0.4, 0.5) is 0 Å². The molecule has 0 amide bonds. The third-order valence-electron chi connectivity index (χ3n) is 3.59. The Morgan fingerprint density at radius 1 is 1.50 bits per heavy atom. The van der Waals surface area contributed by atoms with Crippen molar-refractivity contribution in [3.05, 3.63) is 12.7 Å². The van der Waals surface area contributed by atoms with Crippen molar-refractivity contribution in [2.24, 2.45) is 5.92 Å². The summed E-state index contributed by atoms with van der Waals surface area (Å²) >= 11 is 0. The fraction of sp³-hybridized carbons (Fsp3) is 0.786. The topological polar surface area (TPSA) is 26.3 Å². The predicted molar refractivity (Wildman–Crippen MR) is 66.4 cm³/mol. The second-order valence-electron chi connectivity index (χ2n) is 4.86. The summed E-state index contributed by atoms with van der Waals surface area (Å²) in [6, 6.07) is 0. The Bertz CT molecular complexity index is 237. The van der Waals surface area contributed by atoms with Crippen LogP contribution in [0.2, 0.25) is 0 Å². The lowest BCUT2D eigenvalue weighted by atomic mass is 9.76. The van der Waals surface area contributed by atoms with Crippen LogP contribution in [-0.2, 0) is 9.53 Å². The Morgan fingerprint density at radius 3 is 2.62 bits per heavy atom. The maximum atomic E-state index is 12.2. The van der Waals surface area contributed by atoms with E-state index in [-0.39, 0.29) is 5.78 Å². The molecule has 0 spiro atoms. The van der Waals surface area contributed by atoms with Gasteiger partial charge in [0.2, 0.25) is 0 Å². The minimum atomic E-state index is -0.468. The van der Waals surface area contributed by atoms with Gasteiger partial charge in [-0.05, 0) is 44.9 Å². The number of hydrogen-bond acceptors (Lipinski definition) is 2. The molecule has 2 heteroatoms. The molecule has 16 heavy (non-hydrogen) atoms. The van der Waals surface area contributed by atoms with Crippen LogP contribution >= 0.6 is 0 Å². The number of ether oxygens (including phenoxy) is 1. The standard InChI is InChI=1S/C14H24O2/c1-4-6-7-13(15)14(16-5-2)10-8-12(3)9-11-14/h4,12H,1,5-11H2,2-3H3. The van der Waals surface area contributed by atoms with Gasteiger partial charge in [0.1, 0.15) is 5.60 Å². The van der Waals surface area contributed by atoms with E-state index in [2.05, 4.69) is 13.5 Å². The summed E-state index contributed by atoms with van der Waals surface area (Å²) in [4.78, 5) is 12.2. The number of ketones is 1. The summed E-state index contributed by atoms with van der Waals surface area (Å²) in [5.74, 6) is 1.02. The van der Waals surface area contributed by atoms with Gasteiger partial charge in [0.25, 0.3) is 0 Å². The molecule has 0 unspecified atom stereocenters. The van der Waals surface area contributed by atoms with E-state index in [1.54, 1.807) is 0 Å². The largest absolute Gasteiger partial charge is 0.368 e. The van der Waals surface area contributed by atoms with E-state index in [4.69, 9.17) is 4.74 Å². The van der Waals surface area contributed by atoms with Crippen molar-refractivity contribution in [2.75, 3.05) is 6.61 Å². The van der Waals surface area contributed by atoms with Gasteiger partial charge in [0, 0.05) is 13.0 Å². The average Bonchev–Trinajstić information content (AvgIpc) is 2.29. The zero-order valence-electron chi connectivity index (χ0n) is 10.6. The van der Waals surface area contributed by atoms with Gasteiger partial charge >= 0.3 is 0 Å². The van der Waals surface area contributed by atoms with Crippen LogP contribution in [0.25, 0.3) is 0 Å². The predicted octanol–water partition coefficient (Wildman–Crippen LogP) is 3.51. The molecular formula is C14H24O2. The summed E-state index contributed by atoms with van der Waals surface area (Å²) in [7, 11) is 0. The molecule has 0 aromatic carbocycles. The highest BCUT2D eigenvalue weighted by Gasteiger charge is 2.40. The third-order valence-corrected chi connectivity index (χ3v) is 3.59. The van der Waals surface area contributed by atoms with E-state index in [0.717, 1.165) is 38.0 Å². The highest BCUT2D eigenvalue weighted by atomic mass is 16.5. The fourth-order valence-corrected chi connectivity index (χ4v) is 2.47. The van der Waals surface area contributed by atoms with Gasteiger partial charge in [-0.25, -0.2) is 0 Å². The Balaban J connectivity index is 2.64. The van der Waals surface area contributed by atoms with Crippen molar-refractivity contribution < 1.29 is 9.53 Å². The van der Waals surface area contributed by atoms with Crippen LogP contribution in [0, 0.1) is 5.92 Å². The SMILES string of the molecule is C=CCCC(=O)C1(OCC)CCC(C)CC1. The van der Waals surface area contributed by atoms with Gasteiger partial charge in [-0.2, -0.15) is 0 Å². The number of carbonyl (C=O) groups excluding carboxylic acids is 1. The molecule has 0 heterocycles. The molecule has 1 saturated carbocycles. The summed E-state index contributed by atoms with van der Waals surface area (Å²) in [5, 5.41) is 0. The molecule has 1 aliphatic carbocycles. The van der Waals surface area contributed by atoms with Crippen LogP contribution in [0.1, 0.15) is 52.4 Å². The van der Waals surface area contributed by atoms with Gasteiger partial charge in [-0.3, -0.25) is 4.79 Å². The summed E-state index contributed by atoms with van der Waals surface area (Å²) in [6.07, 6.45) is 7.18. The Hall–Kier alpha value is -0.630. The van der Waals surface area contributed by atoms with E-state index >= 15 is 0 Å². The molecule has 2 nitrogen and oxygen atoms in total. The first-order chi connectivity index (χ1) is 7.64. The lowest BCUT2D eigenvalue weighted by molar-refractivity contribution is -0.150. The molecule has 0 radical (unpaired) electrons. The van der Waals surface area contributed by atoms with Crippen molar-refractivity contribution in [3.63, 3.8) is 0 Å². The van der Waals surface area contributed by atoms with E-state index < -0.39 is 5.60 Å². The number of hydrogen-bond donors (Lipinski definition) is 0. The smallest absolute Gasteiger partial charge is 0.164 e. The fourth-order valence-electron chi connectivity index (χ4n) is 2.47. The molecule has 0 bridgehead atoms. The molecule has 0 aromatic heterocycles. The molecule has 1 aliphatic rings. The molecule has 0 atom stereocenters. The minimum absolute atomic E-state index is 0.279. The van der Waals surface area contributed by atoms with Crippen molar-refractivity contribution in [1.29, 1.82) is 0 Å². The quantitative estimate of drug-likeness (QED) is 0.645. The maximum Gasteiger partial charge on any atom is 0.164 e. The highest BCUT2D eigenvalue weighted by molar-refractivity contribution is 5.87. The van der Waals surface area contributed by atoms with E-state index in [1.807, 2.05) is 13.0 Å². The zero-order valence-corrected chi connectivity index (χ0v) is 10.6. The summed E-state index contributed by atoms with van der Waals surface area (Å²) in [6.45, 7) is 8.53. The van der Waals surface area contributed by atoms with Crippen molar-refractivity contribution in [3.8, 4) is 0 Å². The first-order valence-corrected chi connectivity index (χ1v) is 6.43. The van der Waals surface area contributed by atoms with Gasteiger partial charge < -0.3 is 4.74 Å².